The highest BCUT2D eigenvalue weighted by molar-refractivity contribution is 6.31. The number of hydrogen-bond donors (Lipinski definition) is 1. The Morgan fingerprint density at radius 3 is 2.65 bits per heavy atom. The van der Waals surface area contributed by atoms with E-state index in [0.717, 1.165) is 23.4 Å². The molecule has 0 bridgehead atoms. The summed E-state index contributed by atoms with van der Waals surface area (Å²) in [5.74, 6) is 0.719. The molecule has 1 unspecified atom stereocenters. The Kier molecular flexibility index (Phi) is 5.60. The Bertz CT molecular complexity index is 683. The lowest BCUT2D eigenvalue weighted by Gasteiger charge is -2.15. The van der Waals surface area contributed by atoms with Gasteiger partial charge in [-0.2, -0.15) is 0 Å². The van der Waals surface area contributed by atoms with Crippen LogP contribution in [0, 0.1) is 0 Å². The number of carbonyl (C=O) groups excluding carboxylic acids is 1. The van der Waals surface area contributed by atoms with Gasteiger partial charge >= 0.3 is 0 Å². The lowest BCUT2D eigenvalue weighted by atomic mass is 10.1. The van der Waals surface area contributed by atoms with Crippen molar-refractivity contribution in [2.75, 3.05) is 19.0 Å². The van der Waals surface area contributed by atoms with Crippen molar-refractivity contribution in [3.63, 3.8) is 0 Å². The molecule has 6 nitrogen and oxygen atoms in total. The highest BCUT2D eigenvalue weighted by Gasteiger charge is 2.18. The summed E-state index contributed by atoms with van der Waals surface area (Å²) in [6.45, 7) is 1.97. The van der Waals surface area contributed by atoms with E-state index in [1.807, 2.05) is 50.2 Å². The van der Waals surface area contributed by atoms with Gasteiger partial charge < -0.3 is 10.2 Å². The zero-order valence-electron chi connectivity index (χ0n) is 13.9. The summed E-state index contributed by atoms with van der Waals surface area (Å²) < 4.78 is 1.68. The molecule has 0 spiro atoms. The minimum Gasteiger partial charge on any atom is -0.347 e. The van der Waals surface area contributed by atoms with E-state index >= 15 is 0 Å². The lowest BCUT2D eigenvalue weighted by Crippen LogP contribution is -2.34. The normalized spacial score (nSPS) is 12.0. The fourth-order valence-electron chi connectivity index (χ4n) is 2.34. The molecule has 7 heteroatoms. The molecule has 124 valence electrons. The van der Waals surface area contributed by atoms with E-state index in [-0.39, 0.29) is 11.9 Å². The monoisotopic (exact) mass is 335 g/mol. The van der Waals surface area contributed by atoms with Crippen molar-refractivity contribution in [3.8, 4) is 0 Å². The average molecular weight is 336 g/mol. The summed E-state index contributed by atoms with van der Waals surface area (Å²) in [5.41, 5.74) is 1.09. The summed E-state index contributed by atoms with van der Waals surface area (Å²) in [6, 6.07) is 7.77. The van der Waals surface area contributed by atoms with E-state index in [4.69, 9.17) is 11.6 Å². The Morgan fingerprint density at radius 2 is 2.04 bits per heavy atom. The molecule has 1 N–H and O–H groups in total. The van der Waals surface area contributed by atoms with Crippen LogP contribution >= 0.6 is 11.6 Å². The number of aromatic nitrogens is 3. The predicted octanol–water partition coefficient (Wildman–Crippen LogP) is 2.29. The molecule has 1 atom stereocenters. The van der Waals surface area contributed by atoms with Crippen LogP contribution < -0.4 is 10.2 Å². The SMILES string of the molecule is CC(CCc1ccccc1Cl)NC(=O)c1nnc(N(C)C)n1C. The van der Waals surface area contributed by atoms with E-state index in [2.05, 4.69) is 15.5 Å². The topological polar surface area (TPSA) is 63.1 Å². The maximum Gasteiger partial charge on any atom is 0.289 e. The van der Waals surface area contributed by atoms with Crippen molar-refractivity contribution < 1.29 is 4.79 Å². The second-order valence-electron chi connectivity index (χ2n) is 5.78. The van der Waals surface area contributed by atoms with Crippen LogP contribution in [0.5, 0.6) is 0 Å². The van der Waals surface area contributed by atoms with Crippen molar-refractivity contribution >= 4 is 23.5 Å². The molecule has 1 aromatic heterocycles. The molecule has 0 aliphatic rings. The Morgan fingerprint density at radius 1 is 1.35 bits per heavy atom. The maximum absolute atomic E-state index is 12.3. The highest BCUT2D eigenvalue weighted by Crippen LogP contribution is 2.17. The van der Waals surface area contributed by atoms with Gasteiger partial charge in [-0.25, -0.2) is 0 Å². The van der Waals surface area contributed by atoms with Crippen molar-refractivity contribution in [3.05, 3.63) is 40.7 Å². The van der Waals surface area contributed by atoms with Gasteiger partial charge in [0.1, 0.15) is 0 Å². The van der Waals surface area contributed by atoms with Crippen LogP contribution in [0.2, 0.25) is 5.02 Å². The van der Waals surface area contributed by atoms with Gasteiger partial charge in [0.05, 0.1) is 0 Å². The summed E-state index contributed by atoms with van der Waals surface area (Å²) in [7, 11) is 5.49. The predicted molar refractivity (Wildman–Crippen MR) is 92.0 cm³/mol. The summed E-state index contributed by atoms with van der Waals surface area (Å²) >= 11 is 6.15. The van der Waals surface area contributed by atoms with Crippen LogP contribution in [0.25, 0.3) is 0 Å². The summed E-state index contributed by atoms with van der Waals surface area (Å²) in [6.07, 6.45) is 1.61. The first-order valence-electron chi connectivity index (χ1n) is 7.51. The second kappa shape index (κ2) is 7.46. The van der Waals surface area contributed by atoms with E-state index < -0.39 is 0 Å². The third kappa shape index (κ3) is 4.22. The van der Waals surface area contributed by atoms with Crippen LogP contribution in [-0.2, 0) is 13.5 Å². The maximum atomic E-state index is 12.3. The van der Waals surface area contributed by atoms with Crippen LogP contribution in [0.1, 0.15) is 29.5 Å². The number of aryl methyl sites for hydroxylation is 1. The largest absolute Gasteiger partial charge is 0.347 e. The average Bonchev–Trinajstić information content (AvgIpc) is 2.88. The Balaban J connectivity index is 1.94. The van der Waals surface area contributed by atoms with Crippen molar-refractivity contribution in [1.82, 2.24) is 20.1 Å². The fourth-order valence-corrected chi connectivity index (χ4v) is 2.57. The smallest absolute Gasteiger partial charge is 0.289 e. The second-order valence-corrected chi connectivity index (χ2v) is 6.19. The standard InChI is InChI=1S/C16H22ClN5O/c1-11(9-10-12-7-5-6-8-13(12)17)18-15(23)14-19-20-16(21(2)3)22(14)4/h5-8,11H,9-10H2,1-4H3,(H,18,23). The van der Waals surface area contributed by atoms with Gasteiger partial charge in [0, 0.05) is 32.2 Å². The molecular formula is C16H22ClN5O. The third-order valence-electron chi connectivity index (χ3n) is 3.64. The van der Waals surface area contributed by atoms with Crippen molar-refractivity contribution in [2.45, 2.75) is 25.8 Å². The molecule has 1 amide bonds. The first-order valence-corrected chi connectivity index (χ1v) is 7.89. The van der Waals surface area contributed by atoms with Gasteiger partial charge in [-0.15, -0.1) is 10.2 Å². The van der Waals surface area contributed by atoms with Gasteiger partial charge in [-0.05, 0) is 31.4 Å². The summed E-state index contributed by atoms with van der Waals surface area (Å²) in [5, 5.41) is 11.7. The van der Waals surface area contributed by atoms with Gasteiger partial charge in [0.25, 0.3) is 5.91 Å². The molecule has 1 aromatic carbocycles. The zero-order chi connectivity index (χ0) is 17.0. The minimum atomic E-state index is -0.222. The Hall–Kier alpha value is -2.08. The van der Waals surface area contributed by atoms with Gasteiger partial charge in [0.2, 0.25) is 11.8 Å². The van der Waals surface area contributed by atoms with Crippen LogP contribution in [0.3, 0.4) is 0 Å². The fraction of sp³-hybridized carbons (Fsp3) is 0.438. The molecule has 0 radical (unpaired) electrons. The van der Waals surface area contributed by atoms with E-state index in [1.165, 1.54) is 0 Å². The molecule has 1 heterocycles. The first kappa shape index (κ1) is 17.3. The number of nitrogens with one attached hydrogen (secondary N) is 1. The molecule has 0 fully saturated rings. The first-order chi connectivity index (χ1) is 10.9. The van der Waals surface area contributed by atoms with Gasteiger partial charge in [0.15, 0.2) is 0 Å². The van der Waals surface area contributed by atoms with Gasteiger partial charge in [-0.1, -0.05) is 29.8 Å². The van der Waals surface area contributed by atoms with Crippen LogP contribution in [0.4, 0.5) is 5.95 Å². The molecule has 0 aliphatic carbocycles. The third-order valence-corrected chi connectivity index (χ3v) is 4.01. The van der Waals surface area contributed by atoms with E-state index in [0.29, 0.717) is 11.8 Å². The lowest BCUT2D eigenvalue weighted by molar-refractivity contribution is 0.0924. The number of nitrogens with zero attached hydrogens (tertiary/aromatic N) is 4. The number of amides is 1. The number of rotatable bonds is 6. The highest BCUT2D eigenvalue weighted by atomic mass is 35.5. The molecule has 2 aromatic rings. The van der Waals surface area contributed by atoms with Gasteiger partial charge in [-0.3, -0.25) is 9.36 Å². The number of carbonyl (C=O) groups is 1. The number of benzene rings is 1. The van der Waals surface area contributed by atoms with Crippen molar-refractivity contribution in [2.24, 2.45) is 7.05 Å². The minimum absolute atomic E-state index is 0.0123. The van der Waals surface area contributed by atoms with Crippen LogP contribution in [-0.4, -0.2) is 40.8 Å². The summed E-state index contributed by atoms with van der Waals surface area (Å²) in [4.78, 5) is 14.1. The molecule has 0 aliphatic heterocycles. The zero-order valence-corrected chi connectivity index (χ0v) is 14.6. The molecule has 0 saturated carbocycles. The number of anilines is 1. The molecule has 2 rings (SSSR count). The molecule has 0 saturated heterocycles. The van der Waals surface area contributed by atoms with Crippen LogP contribution in [0.15, 0.2) is 24.3 Å². The Labute approximate surface area is 141 Å². The van der Waals surface area contributed by atoms with Crippen molar-refractivity contribution in [1.29, 1.82) is 0 Å². The molecular weight excluding hydrogens is 314 g/mol. The van der Waals surface area contributed by atoms with E-state index in [9.17, 15) is 4.79 Å². The molecule has 23 heavy (non-hydrogen) atoms. The number of hydrogen-bond acceptors (Lipinski definition) is 4. The van der Waals surface area contributed by atoms with E-state index in [1.54, 1.807) is 11.6 Å². The number of halogens is 1. The quantitative estimate of drug-likeness (QED) is 0.879.